The Morgan fingerprint density at radius 3 is 2.26 bits per heavy atom. The number of carbonyl (C=O) groups excluding carboxylic acids is 2. The number of aromatic nitrogens is 2. The summed E-state index contributed by atoms with van der Waals surface area (Å²) in [6, 6.07) is 5.34. The van der Waals surface area contributed by atoms with E-state index in [4.69, 9.17) is 9.84 Å². The molecule has 2 N–H and O–H groups in total. The second-order valence-corrected chi connectivity index (χ2v) is 7.41. The highest BCUT2D eigenvalue weighted by molar-refractivity contribution is 6.23. The van der Waals surface area contributed by atoms with Gasteiger partial charge in [-0.3, -0.25) is 9.59 Å². The summed E-state index contributed by atoms with van der Waals surface area (Å²) in [5.41, 5.74) is 2.68. The van der Waals surface area contributed by atoms with E-state index in [9.17, 15) is 22.8 Å². The predicted molar refractivity (Wildman–Crippen MR) is 125 cm³/mol. The number of ether oxygens (including phenoxy) is 2. The number of H-pyrrole nitrogens is 1. The molecule has 1 fully saturated rings. The van der Waals surface area contributed by atoms with E-state index in [1.165, 1.54) is 19.6 Å². The fraction of sp³-hybridized carbons (Fsp3) is 0.375. The smallest absolute Gasteiger partial charge is 0.496 e. The van der Waals surface area contributed by atoms with Crippen molar-refractivity contribution in [3.63, 3.8) is 0 Å². The number of nitrogens with one attached hydrogen (secondary N) is 1. The maximum Gasteiger partial charge on any atom is 0.573 e. The third-order valence-corrected chi connectivity index (χ3v) is 4.84. The number of anilines is 1. The minimum atomic E-state index is -4.84. The molecule has 190 valence electrons. The van der Waals surface area contributed by atoms with E-state index >= 15 is 0 Å². The molecule has 0 saturated carbocycles. The number of hydrogen-bond acceptors (Lipinski definition) is 6. The SMILES string of the molecule is CCC.CO.COc1cc(OC(F)(F)F)ccc1-c1nc2cc[nH]c2c(N2C(=O)CCC2=O)c1C. The molecule has 0 spiro atoms. The van der Waals surface area contributed by atoms with Gasteiger partial charge in [0, 0.05) is 43.3 Å². The largest absolute Gasteiger partial charge is 0.573 e. The molecule has 1 aliphatic rings. The zero-order valence-electron chi connectivity index (χ0n) is 20.1. The van der Waals surface area contributed by atoms with Crippen LogP contribution in [0.2, 0.25) is 0 Å². The number of methoxy groups -OCH3 is 1. The van der Waals surface area contributed by atoms with Gasteiger partial charge in [0.05, 0.1) is 29.5 Å². The van der Waals surface area contributed by atoms with Crippen LogP contribution in [0, 0.1) is 6.92 Å². The highest BCUT2D eigenvalue weighted by Gasteiger charge is 2.35. The van der Waals surface area contributed by atoms with Gasteiger partial charge in [0.15, 0.2) is 0 Å². The van der Waals surface area contributed by atoms with Crippen molar-refractivity contribution in [2.24, 2.45) is 0 Å². The molecule has 1 saturated heterocycles. The number of imide groups is 1. The van der Waals surface area contributed by atoms with Crippen molar-refractivity contribution >= 4 is 28.5 Å². The Labute approximate surface area is 200 Å². The van der Waals surface area contributed by atoms with Gasteiger partial charge in [0.25, 0.3) is 0 Å². The molecular weight excluding hydrogens is 467 g/mol. The second-order valence-electron chi connectivity index (χ2n) is 7.41. The lowest BCUT2D eigenvalue weighted by Gasteiger charge is -2.21. The molecule has 0 atom stereocenters. The third-order valence-electron chi connectivity index (χ3n) is 4.84. The van der Waals surface area contributed by atoms with Crippen LogP contribution in [-0.4, -0.2) is 47.5 Å². The maximum atomic E-state index is 12.6. The summed E-state index contributed by atoms with van der Waals surface area (Å²) in [7, 11) is 2.31. The number of alkyl halides is 3. The van der Waals surface area contributed by atoms with Crippen LogP contribution >= 0.6 is 0 Å². The Balaban J connectivity index is 0.000000803. The van der Waals surface area contributed by atoms with Gasteiger partial charge in [-0.25, -0.2) is 9.88 Å². The number of pyridine rings is 1. The monoisotopic (exact) mass is 495 g/mol. The molecule has 1 aromatic carbocycles. The number of carbonyl (C=O) groups is 2. The van der Waals surface area contributed by atoms with E-state index in [0.29, 0.717) is 33.5 Å². The average molecular weight is 495 g/mol. The molecule has 0 bridgehead atoms. The zero-order valence-corrected chi connectivity index (χ0v) is 20.1. The first-order valence-corrected chi connectivity index (χ1v) is 10.8. The molecule has 3 heterocycles. The summed E-state index contributed by atoms with van der Waals surface area (Å²) in [4.78, 5) is 33.5. The molecule has 2 aromatic heterocycles. The van der Waals surface area contributed by atoms with E-state index in [2.05, 4.69) is 28.6 Å². The standard InChI is InChI=1S/C20H16F3N3O4.C3H8.CH4O/c1-10-17(12-4-3-11(9-14(12)29-2)30-20(21,22)23)25-13-7-8-24-18(13)19(10)26-15(27)5-6-16(26)28;1-3-2;1-2/h3-4,7-9,24H,5-6H2,1-2H3;3H2,1-2H3;2H,1H3. The van der Waals surface area contributed by atoms with Crippen LogP contribution in [0.5, 0.6) is 11.5 Å². The highest BCUT2D eigenvalue weighted by atomic mass is 19.4. The van der Waals surface area contributed by atoms with Gasteiger partial charge in [0.1, 0.15) is 11.5 Å². The minimum Gasteiger partial charge on any atom is -0.496 e. The number of hydrogen-bond donors (Lipinski definition) is 2. The van der Waals surface area contributed by atoms with Gasteiger partial charge in [-0.15, -0.1) is 13.2 Å². The molecule has 0 aliphatic carbocycles. The molecule has 1 aliphatic heterocycles. The van der Waals surface area contributed by atoms with Crippen LogP contribution in [0.1, 0.15) is 38.7 Å². The lowest BCUT2D eigenvalue weighted by molar-refractivity contribution is -0.274. The molecule has 8 nitrogen and oxygen atoms in total. The van der Waals surface area contributed by atoms with Crippen molar-refractivity contribution in [3.8, 4) is 22.8 Å². The van der Waals surface area contributed by atoms with Crippen molar-refractivity contribution in [1.29, 1.82) is 0 Å². The summed E-state index contributed by atoms with van der Waals surface area (Å²) < 4.78 is 46.9. The Bertz CT molecular complexity index is 1180. The lowest BCUT2D eigenvalue weighted by Crippen LogP contribution is -2.29. The van der Waals surface area contributed by atoms with Crippen LogP contribution in [0.3, 0.4) is 0 Å². The van der Waals surface area contributed by atoms with Crippen molar-refractivity contribution in [3.05, 3.63) is 36.0 Å². The van der Waals surface area contributed by atoms with Crippen LogP contribution in [0.15, 0.2) is 30.5 Å². The van der Waals surface area contributed by atoms with E-state index in [1.807, 2.05) is 0 Å². The van der Waals surface area contributed by atoms with E-state index in [-0.39, 0.29) is 30.4 Å². The fourth-order valence-electron chi connectivity index (χ4n) is 3.58. The molecule has 35 heavy (non-hydrogen) atoms. The van der Waals surface area contributed by atoms with E-state index in [1.54, 1.807) is 19.2 Å². The van der Waals surface area contributed by atoms with Gasteiger partial charge < -0.3 is 19.6 Å². The molecular formula is C24H28F3N3O5. The van der Waals surface area contributed by atoms with Gasteiger partial charge in [-0.1, -0.05) is 20.3 Å². The van der Waals surface area contributed by atoms with Crippen LogP contribution < -0.4 is 14.4 Å². The summed E-state index contributed by atoms with van der Waals surface area (Å²) in [5.74, 6) is -0.977. The number of rotatable bonds is 4. The Kier molecular flexibility index (Phi) is 9.24. The van der Waals surface area contributed by atoms with Crippen LogP contribution in [-0.2, 0) is 9.59 Å². The highest BCUT2D eigenvalue weighted by Crippen LogP contribution is 2.41. The van der Waals surface area contributed by atoms with Gasteiger partial charge >= 0.3 is 6.36 Å². The van der Waals surface area contributed by atoms with Gasteiger partial charge in [0.2, 0.25) is 11.8 Å². The molecule has 11 heteroatoms. The molecule has 2 amide bonds. The van der Waals surface area contributed by atoms with E-state index < -0.39 is 12.1 Å². The Hall–Kier alpha value is -3.60. The maximum absolute atomic E-state index is 12.6. The second kappa shape index (κ2) is 11.7. The number of aromatic amines is 1. The molecule has 3 aromatic rings. The first kappa shape index (κ1) is 27.6. The molecule has 0 unspecified atom stereocenters. The quantitative estimate of drug-likeness (QED) is 0.487. The topological polar surface area (TPSA) is 105 Å². The predicted octanol–water partition coefficient (Wildman–Crippen LogP) is 5.12. The number of halogens is 3. The lowest BCUT2D eigenvalue weighted by atomic mass is 10.0. The number of nitrogens with zero attached hydrogens (tertiary/aromatic N) is 2. The Morgan fingerprint density at radius 2 is 1.71 bits per heavy atom. The van der Waals surface area contributed by atoms with Crippen molar-refractivity contribution < 1.29 is 37.3 Å². The fourth-order valence-corrected chi connectivity index (χ4v) is 3.58. The Morgan fingerprint density at radius 1 is 1.11 bits per heavy atom. The minimum absolute atomic E-state index is 0.104. The number of benzene rings is 1. The van der Waals surface area contributed by atoms with Crippen molar-refractivity contribution in [2.75, 3.05) is 19.1 Å². The van der Waals surface area contributed by atoms with E-state index in [0.717, 1.165) is 24.1 Å². The van der Waals surface area contributed by atoms with Crippen molar-refractivity contribution in [1.82, 2.24) is 9.97 Å². The summed E-state index contributed by atoms with van der Waals surface area (Å²) in [6.07, 6.45) is -1.73. The first-order valence-electron chi connectivity index (χ1n) is 10.8. The average Bonchev–Trinajstić information content (AvgIpc) is 3.41. The molecule has 4 rings (SSSR count). The van der Waals surface area contributed by atoms with Gasteiger partial charge in [-0.2, -0.15) is 0 Å². The number of amides is 2. The van der Waals surface area contributed by atoms with Gasteiger partial charge in [-0.05, 0) is 25.1 Å². The summed E-state index contributed by atoms with van der Waals surface area (Å²) >= 11 is 0. The number of aliphatic hydroxyl groups excluding tert-OH is 1. The van der Waals surface area contributed by atoms with Crippen molar-refractivity contribution in [2.45, 2.75) is 46.4 Å². The summed E-state index contributed by atoms with van der Waals surface area (Å²) in [5, 5.41) is 7.00. The number of fused-ring (bicyclic) bond motifs is 1. The molecule has 0 radical (unpaired) electrons. The van der Waals surface area contributed by atoms with Crippen LogP contribution in [0.4, 0.5) is 18.9 Å². The zero-order chi connectivity index (χ0) is 26.3. The third kappa shape index (κ3) is 6.10. The normalized spacial score (nSPS) is 13.2. The number of aliphatic hydroxyl groups is 1. The first-order chi connectivity index (χ1) is 16.6. The summed E-state index contributed by atoms with van der Waals surface area (Å²) in [6.45, 7) is 5.94. The van der Waals surface area contributed by atoms with Crippen LogP contribution in [0.25, 0.3) is 22.3 Å².